The minimum atomic E-state index is -4.85. The first-order valence-electron chi connectivity index (χ1n) is 5.09. The van der Waals surface area contributed by atoms with E-state index in [4.69, 9.17) is 16.7 Å². The summed E-state index contributed by atoms with van der Waals surface area (Å²) < 4.78 is 63.8. The van der Waals surface area contributed by atoms with Crippen molar-refractivity contribution in [2.24, 2.45) is 0 Å². The Balaban J connectivity index is 3.33. The Morgan fingerprint density at radius 3 is 2.47 bits per heavy atom. The van der Waals surface area contributed by atoms with Crippen LogP contribution >= 0.6 is 11.6 Å². The molecular weight excluding hydrogens is 307 g/mol. The first kappa shape index (κ1) is 16.2. The van der Waals surface area contributed by atoms with Crippen molar-refractivity contribution in [2.75, 3.05) is 6.54 Å². The van der Waals surface area contributed by atoms with Crippen molar-refractivity contribution in [1.29, 1.82) is 0 Å². The Morgan fingerprint density at radius 1 is 1.42 bits per heavy atom. The highest BCUT2D eigenvalue weighted by Crippen LogP contribution is 2.37. The monoisotopic (exact) mass is 317 g/mol. The van der Waals surface area contributed by atoms with E-state index >= 15 is 0 Å². The van der Waals surface area contributed by atoms with Gasteiger partial charge in [0.05, 0.1) is 16.7 Å². The predicted octanol–water partition coefficient (Wildman–Crippen LogP) is 2.02. The van der Waals surface area contributed by atoms with Crippen LogP contribution in [0.3, 0.4) is 0 Å². The first-order chi connectivity index (χ1) is 8.55. The minimum absolute atomic E-state index is 0.412. The molecule has 1 atom stereocenters. The summed E-state index contributed by atoms with van der Waals surface area (Å²) in [5.74, 6) is 0. The summed E-state index contributed by atoms with van der Waals surface area (Å²) in [6, 6.07) is 2.69. The number of rotatable bonds is 4. The third kappa shape index (κ3) is 4.07. The number of hydrogen-bond acceptors (Lipinski definition) is 3. The van der Waals surface area contributed by atoms with Gasteiger partial charge in [0.15, 0.2) is 0 Å². The van der Waals surface area contributed by atoms with Crippen LogP contribution in [0.4, 0.5) is 13.2 Å². The number of alkyl halides is 3. The van der Waals surface area contributed by atoms with E-state index in [0.29, 0.717) is 6.07 Å². The predicted molar refractivity (Wildman–Crippen MR) is 63.3 cm³/mol. The van der Waals surface area contributed by atoms with Crippen LogP contribution in [0.15, 0.2) is 23.1 Å². The van der Waals surface area contributed by atoms with Gasteiger partial charge in [0.1, 0.15) is 4.90 Å². The topological polar surface area (TPSA) is 66.4 Å². The molecule has 9 heteroatoms. The van der Waals surface area contributed by atoms with E-state index in [9.17, 15) is 21.6 Å². The normalized spacial score (nSPS) is 14.4. The fraction of sp³-hybridized carbons (Fsp3) is 0.400. The summed E-state index contributed by atoms with van der Waals surface area (Å²) >= 11 is 5.55. The Bertz CT molecular complexity index is 558. The van der Waals surface area contributed by atoms with Gasteiger partial charge in [0, 0.05) is 6.54 Å². The molecule has 0 amide bonds. The molecule has 0 fully saturated rings. The molecule has 19 heavy (non-hydrogen) atoms. The minimum Gasteiger partial charge on any atom is -0.392 e. The third-order valence-electron chi connectivity index (χ3n) is 2.11. The Labute approximate surface area is 113 Å². The van der Waals surface area contributed by atoms with Crippen molar-refractivity contribution in [3.63, 3.8) is 0 Å². The summed E-state index contributed by atoms with van der Waals surface area (Å²) in [7, 11) is -4.46. The van der Waals surface area contributed by atoms with Crippen molar-refractivity contribution < 1.29 is 26.7 Å². The van der Waals surface area contributed by atoms with Gasteiger partial charge in [-0.05, 0) is 19.1 Å². The van der Waals surface area contributed by atoms with Crippen LogP contribution in [0.25, 0.3) is 0 Å². The van der Waals surface area contributed by atoms with Crippen LogP contribution in [0.1, 0.15) is 12.5 Å². The van der Waals surface area contributed by atoms with Crippen LogP contribution in [0.2, 0.25) is 5.02 Å². The fourth-order valence-electron chi connectivity index (χ4n) is 1.31. The molecule has 0 aromatic heterocycles. The Hall–Kier alpha value is -0.830. The van der Waals surface area contributed by atoms with Gasteiger partial charge in [0.25, 0.3) is 0 Å². The molecule has 2 N–H and O–H groups in total. The summed E-state index contributed by atoms with van der Waals surface area (Å²) in [5.41, 5.74) is -1.35. The number of halogens is 4. The van der Waals surface area contributed by atoms with E-state index in [1.807, 2.05) is 4.72 Å². The van der Waals surface area contributed by atoms with E-state index in [1.54, 1.807) is 0 Å². The number of benzene rings is 1. The van der Waals surface area contributed by atoms with Crippen LogP contribution in [0.5, 0.6) is 0 Å². The van der Waals surface area contributed by atoms with Gasteiger partial charge in [-0.25, -0.2) is 13.1 Å². The molecule has 0 spiro atoms. The number of hydrogen-bond donors (Lipinski definition) is 2. The zero-order chi connectivity index (χ0) is 14.8. The van der Waals surface area contributed by atoms with Gasteiger partial charge in [0.2, 0.25) is 10.0 Å². The van der Waals surface area contributed by atoms with Crippen molar-refractivity contribution in [3.05, 3.63) is 28.8 Å². The number of aliphatic hydroxyl groups excluding tert-OH is 1. The van der Waals surface area contributed by atoms with Crippen molar-refractivity contribution in [2.45, 2.75) is 24.1 Å². The molecule has 0 heterocycles. The Morgan fingerprint density at radius 2 is 2.00 bits per heavy atom. The molecule has 0 radical (unpaired) electrons. The van der Waals surface area contributed by atoms with E-state index < -0.39 is 44.3 Å². The van der Waals surface area contributed by atoms with Crippen LogP contribution < -0.4 is 4.72 Å². The van der Waals surface area contributed by atoms with Gasteiger partial charge >= 0.3 is 6.18 Å². The molecule has 0 saturated carbocycles. The molecule has 0 saturated heterocycles. The second kappa shape index (κ2) is 5.66. The quantitative estimate of drug-likeness (QED) is 0.893. The number of nitrogens with one attached hydrogen (secondary N) is 1. The Kier molecular flexibility index (Phi) is 4.83. The summed E-state index contributed by atoms with van der Waals surface area (Å²) in [6.45, 7) is 0.880. The first-order valence-corrected chi connectivity index (χ1v) is 6.95. The molecule has 0 aliphatic carbocycles. The molecule has 1 aromatic carbocycles. The summed E-state index contributed by atoms with van der Waals surface area (Å²) in [4.78, 5) is -1.04. The van der Waals surface area contributed by atoms with E-state index in [0.717, 1.165) is 12.1 Å². The maximum absolute atomic E-state index is 12.8. The van der Waals surface area contributed by atoms with Gasteiger partial charge in [-0.2, -0.15) is 13.2 Å². The summed E-state index contributed by atoms with van der Waals surface area (Å²) in [6.07, 6.45) is -5.88. The average molecular weight is 318 g/mol. The second-order valence-corrected chi connectivity index (χ2v) is 5.93. The van der Waals surface area contributed by atoms with E-state index in [1.165, 1.54) is 6.92 Å². The lowest BCUT2D eigenvalue weighted by atomic mass is 10.2. The van der Waals surface area contributed by atoms with Gasteiger partial charge in [-0.3, -0.25) is 0 Å². The zero-order valence-corrected chi connectivity index (χ0v) is 11.3. The van der Waals surface area contributed by atoms with Gasteiger partial charge < -0.3 is 5.11 Å². The van der Waals surface area contributed by atoms with Crippen LogP contribution in [-0.4, -0.2) is 26.2 Å². The number of sulfonamides is 1. The average Bonchev–Trinajstić information content (AvgIpc) is 2.24. The van der Waals surface area contributed by atoms with Crippen LogP contribution in [-0.2, 0) is 16.2 Å². The lowest BCUT2D eigenvalue weighted by Crippen LogP contribution is -2.32. The maximum Gasteiger partial charge on any atom is 0.417 e. The summed E-state index contributed by atoms with van der Waals surface area (Å²) in [5, 5.41) is 8.44. The fourth-order valence-corrected chi connectivity index (χ4v) is 3.19. The van der Waals surface area contributed by atoms with Gasteiger partial charge in [-0.1, -0.05) is 17.7 Å². The lowest BCUT2D eigenvalue weighted by molar-refractivity contribution is -0.139. The number of aliphatic hydroxyl groups is 1. The molecule has 0 bridgehead atoms. The van der Waals surface area contributed by atoms with E-state index in [2.05, 4.69) is 0 Å². The molecule has 1 rings (SSSR count). The van der Waals surface area contributed by atoms with Crippen molar-refractivity contribution in [3.8, 4) is 0 Å². The molecular formula is C10H11ClF3NO3S. The van der Waals surface area contributed by atoms with Gasteiger partial charge in [-0.15, -0.1) is 0 Å². The van der Waals surface area contributed by atoms with Crippen LogP contribution in [0, 0.1) is 0 Å². The standard InChI is InChI=1S/C10H11ClF3NO3S/c1-6(16)5-15-19(17,18)9-7(10(12,13)14)3-2-4-8(9)11/h2-4,6,15-16H,5H2,1H3. The molecule has 0 aliphatic heterocycles. The van der Waals surface area contributed by atoms with Crippen molar-refractivity contribution >= 4 is 21.6 Å². The second-order valence-electron chi connectivity index (χ2n) is 3.82. The highest BCUT2D eigenvalue weighted by Gasteiger charge is 2.38. The highest BCUT2D eigenvalue weighted by molar-refractivity contribution is 7.89. The zero-order valence-electron chi connectivity index (χ0n) is 9.70. The lowest BCUT2D eigenvalue weighted by Gasteiger charge is -2.15. The molecule has 0 aliphatic rings. The molecule has 108 valence electrons. The molecule has 1 aromatic rings. The smallest absolute Gasteiger partial charge is 0.392 e. The molecule has 1 unspecified atom stereocenters. The SMILES string of the molecule is CC(O)CNS(=O)(=O)c1c(Cl)cccc1C(F)(F)F. The van der Waals surface area contributed by atoms with E-state index in [-0.39, 0.29) is 0 Å². The maximum atomic E-state index is 12.8. The highest BCUT2D eigenvalue weighted by atomic mass is 35.5. The third-order valence-corrected chi connectivity index (χ3v) is 4.06. The largest absolute Gasteiger partial charge is 0.417 e. The molecule has 4 nitrogen and oxygen atoms in total. The van der Waals surface area contributed by atoms with Crippen molar-refractivity contribution in [1.82, 2.24) is 4.72 Å².